The second kappa shape index (κ2) is 7.69. The highest BCUT2D eigenvalue weighted by Crippen LogP contribution is 2.29. The highest BCUT2D eigenvalue weighted by Gasteiger charge is 2.14. The van der Waals surface area contributed by atoms with E-state index in [1.165, 1.54) is 5.56 Å². The van der Waals surface area contributed by atoms with E-state index < -0.39 is 0 Å². The molecule has 1 N–H and O–H groups in total. The topological polar surface area (TPSA) is 21.3 Å². The molecule has 0 bridgehead atoms. The Bertz CT molecular complexity index is 564. The van der Waals surface area contributed by atoms with Gasteiger partial charge in [0.2, 0.25) is 0 Å². The predicted octanol–water partition coefficient (Wildman–Crippen LogP) is 4.90. The molecule has 0 aromatic heterocycles. The van der Waals surface area contributed by atoms with Crippen molar-refractivity contribution >= 4 is 23.2 Å². The highest BCUT2D eigenvalue weighted by atomic mass is 35.5. The third kappa shape index (κ3) is 4.13. The number of hydrogen-bond donors (Lipinski definition) is 1. The van der Waals surface area contributed by atoms with Crippen LogP contribution in [0.2, 0.25) is 10.0 Å². The summed E-state index contributed by atoms with van der Waals surface area (Å²) in [5.74, 6) is 0.881. The van der Waals surface area contributed by atoms with Crippen molar-refractivity contribution in [2.75, 3.05) is 13.7 Å². The first kappa shape index (κ1) is 16.2. The van der Waals surface area contributed by atoms with Gasteiger partial charge in [-0.2, -0.15) is 0 Å². The molecule has 0 radical (unpaired) electrons. The smallest absolute Gasteiger partial charge is 0.119 e. The average molecular weight is 324 g/mol. The van der Waals surface area contributed by atoms with Crippen LogP contribution >= 0.6 is 23.2 Å². The molecule has 0 saturated heterocycles. The quantitative estimate of drug-likeness (QED) is 0.816. The summed E-state index contributed by atoms with van der Waals surface area (Å²) < 4.78 is 5.47. The van der Waals surface area contributed by atoms with Crippen molar-refractivity contribution in [3.05, 3.63) is 63.6 Å². The molecule has 0 aliphatic heterocycles. The van der Waals surface area contributed by atoms with Gasteiger partial charge in [-0.25, -0.2) is 0 Å². The van der Waals surface area contributed by atoms with Crippen LogP contribution in [0, 0.1) is 0 Å². The van der Waals surface area contributed by atoms with Gasteiger partial charge in [0.05, 0.1) is 6.61 Å². The predicted molar refractivity (Wildman–Crippen MR) is 89.6 cm³/mol. The van der Waals surface area contributed by atoms with E-state index in [4.69, 9.17) is 27.9 Å². The van der Waals surface area contributed by atoms with Gasteiger partial charge in [-0.1, -0.05) is 41.4 Å². The minimum absolute atomic E-state index is 0.151. The summed E-state index contributed by atoms with van der Waals surface area (Å²) in [6.07, 6.45) is 0.739. The van der Waals surface area contributed by atoms with Crippen molar-refractivity contribution in [3.8, 4) is 5.75 Å². The summed E-state index contributed by atoms with van der Waals surface area (Å²) in [5.41, 5.74) is 2.14. The number of benzene rings is 2. The van der Waals surface area contributed by atoms with E-state index in [1.807, 2.05) is 44.3 Å². The number of nitrogens with one attached hydrogen (secondary N) is 1. The molecule has 1 atom stereocenters. The molecule has 2 nitrogen and oxygen atoms in total. The molecule has 112 valence electrons. The Morgan fingerprint density at radius 3 is 2.19 bits per heavy atom. The lowest BCUT2D eigenvalue weighted by molar-refractivity contribution is 0.340. The Morgan fingerprint density at radius 2 is 1.67 bits per heavy atom. The lowest BCUT2D eigenvalue weighted by Crippen LogP contribution is -2.19. The Hall–Kier alpha value is -1.22. The van der Waals surface area contributed by atoms with Crippen LogP contribution in [-0.2, 0) is 6.42 Å². The normalized spacial score (nSPS) is 12.2. The zero-order valence-corrected chi connectivity index (χ0v) is 13.7. The van der Waals surface area contributed by atoms with Crippen LogP contribution in [-0.4, -0.2) is 13.7 Å². The van der Waals surface area contributed by atoms with E-state index in [0.29, 0.717) is 16.7 Å². The maximum absolute atomic E-state index is 6.25. The molecular weight excluding hydrogens is 305 g/mol. The van der Waals surface area contributed by atoms with Gasteiger partial charge in [0.25, 0.3) is 0 Å². The summed E-state index contributed by atoms with van der Waals surface area (Å²) in [7, 11) is 1.94. The zero-order valence-electron chi connectivity index (χ0n) is 12.2. The standard InChI is InChI=1S/C17H19Cl2NO/c1-3-21-13-9-7-12(8-10-13)17(20-2)11-14-15(18)5-4-6-16(14)19/h4-10,17,20H,3,11H2,1-2H3. The second-order valence-corrected chi connectivity index (χ2v) is 5.56. The van der Waals surface area contributed by atoms with Gasteiger partial charge in [-0.15, -0.1) is 0 Å². The SMILES string of the molecule is CCOc1ccc(C(Cc2c(Cl)cccc2Cl)NC)cc1. The fourth-order valence-electron chi connectivity index (χ4n) is 2.28. The fourth-order valence-corrected chi connectivity index (χ4v) is 2.83. The van der Waals surface area contributed by atoms with Gasteiger partial charge in [0.1, 0.15) is 5.75 Å². The van der Waals surface area contributed by atoms with Crippen LogP contribution in [0.3, 0.4) is 0 Å². The number of hydrogen-bond acceptors (Lipinski definition) is 2. The van der Waals surface area contributed by atoms with Gasteiger partial charge >= 0.3 is 0 Å². The van der Waals surface area contributed by atoms with Gasteiger partial charge in [-0.3, -0.25) is 0 Å². The zero-order chi connectivity index (χ0) is 15.2. The van der Waals surface area contributed by atoms with Crippen LogP contribution < -0.4 is 10.1 Å². The highest BCUT2D eigenvalue weighted by molar-refractivity contribution is 6.36. The van der Waals surface area contributed by atoms with Crippen LogP contribution in [0.25, 0.3) is 0 Å². The molecule has 0 spiro atoms. The number of halogens is 2. The van der Waals surface area contributed by atoms with Crippen molar-refractivity contribution in [2.45, 2.75) is 19.4 Å². The first-order valence-electron chi connectivity index (χ1n) is 6.98. The minimum atomic E-state index is 0.151. The summed E-state index contributed by atoms with van der Waals surface area (Å²) >= 11 is 12.5. The molecule has 0 fully saturated rings. The molecule has 4 heteroatoms. The Labute approximate surface area is 136 Å². The third-order valence-electron chi connectivity index (χ3n) is 3.41. The molecule has 0 saturated carbocycles. The molecule has 2 aromatic carbocycles. The molecule has 0 aliphatic rings. The molecule has 0 amide bonds. The van der Waals surface area contributed by atoms with Crippen LogP contribution in [0.5, 0.6) is 5.75 Å². The van der Waals surface area contributed by atoms with Crippen molar-refractivity contribution < 1.29 is 4.74 Å². The molecular formula is C17H19Cl2NO. The first-order valence-corrected chi connectivity index (χ1v) is 7.74. The maximum Gasteiger partial charge on any atom is 0.119 e. The van der Waals surface area contributed by atoms with E-state index >= 15 is 0 Å². The van der Waals surface area contributed by atoms with Crippen molar-refractivity contribution in [1.29, 1.82) is 0 Å². The molecule has 21 heavy (non-hydrogen) atoms. The van der Waals surface area contributed by atoms with Crippen molar-refractivity contribution in [1.82, 2.24) is 5.32 Å². The van der Waals surface area contributed by atoms with Crippen molar-refractivity contribution in [2.24, 2.45) is 0 Å². The number of rotatable bonds is 6. The van der Waals surface area contributed by atoms with E-state index in [2.05, 4.69) is 17.4 Å². The van der Waals surface area contributed by atoms with Crippen LogP contribution in [0.4, 0.5) is 0 Å². The van der Waals surface area contributed by atoms with E-state index in [0.717, 1.165) is 17.7 Å². The lowest BCUT2D eigenvalue weighted by Gasteiger charge is -2.19. The Kier molecular flexibility index (Phi) is 5.92. The molecule has 1 unspecified atom stereocenters. The summed E-state index contributed by atoms with van der Waals surface area (Å²) in [6.45, 7) is 2.65. The van der Waals surface area contributed by atoms with Crippen LogP contribution in [0.1, 0.15) is 24.1 Å². The van der Waals surface area contributed by atoms with Crippen molar-refractivity contribution in [3.63, 3.8) is 0 Å². The van der Waals surface area contributed by atoms with E-state index in [9.17, 15) is 0 Å². The van der Waals surface area contributed by atoms with Crippen LogP contribution in [0.15, 0.2) is 42.5 Å². The largest absolute Gasteiger partial charge is 0.494 e. The summed E-state index contributed by atoms with van der Waals surface area (Å²) in [4.78, 5) is 0. The average Bonchev–Trinajstić information content (AvgIpc) is 2.49. The second-order valence-electron chi connectivity index (χ2n) is 4.75. The molecule has 2 rings (SSSR count). The van der Waals surface area contributed by atoms with Gasteiger partial charge in [0, 0.05) is 16.1 Å². The number of ether oxygens (including phenoxy) is 1. The molecule has 0 aliphatic carbocycles. The minimum Gasteiger partial charge on any atom is -0.494 e. The number of likely N-dealkylation sites (N-methyl/N-ethyl adjacent to an activating group) is 1. The van der Waals surface area contributed by atoms with E-state index in [1.54, 1.807) is 0 Å². The first-order chi connectivity index (χ1) is 10.2. The third-order valence-corrected chi connectivity index (χ3v) is 4.12. The van der Waals surface area contributed by atoms with Gasteiger partial charge in [-0.05, 0) is 55.8 Å². The summed E-state index contributed by atoms with van der Waals surface area (Å²) in [6, 6.07) is 13.8. The van der Waals surface area contributed by atoms with Gasteiger partial charge in [0.15, 0.2) is 0 Å². The lowest BCUT2D eigenvalue weighted by atomic mass is 9.99. The Morgan fingerprint density at radius 1 is 1.05 bits per heavy atom. The Balaban J connectivity index is 2.19. The molecule has 2 aromatic rings. The maximum atomic E-state index is 6.25. The van der Waals surface area contributed by atoms with E-state index in [-0.39, 0.29) is 6.04 Å². The van der Waals surface area contributed by atoms with Gasteiger partial charge < -0.3 is 10.1 Å². The monoisotopic (exact) mass is 323 g/mol. The summed E-state index contributed by atoms with van der Waals surface area (Å²) in [5, 5.41) is 4.72. The molecule has 0 heterocycles. The fraction of sp³-hybridized carbons (Fsp3) is 0.294.